The number of benzene rings is 4. The largest absolute Gasteiger partial charge is 0.496 e. The van der Waals surface area contributed by atoms with Crippen LogP contribution in [-0.2, 0) is 0 Å². The van der Waals surface area contributed by atoms with Crippen molar-refractivity contribution in [1.82, 2.24) is 0 Å². The summed E-state index contributed by atoms with van der Waals surface area (Å²) in [6.07, 6.45) is 4.13. The van der Waals surface area contributed by atoms with Crippen molar-refractivity contribution in [2.45, 2.75) is 0 Å². The molecule has 0 aliphatic heterocycles. The molecule has 2 heterocycles. The van der Waals surface area contributed by atoms with Crippen molar-refractivity contribution in [3.8, 4) is 45.3 Å². The van der Waals surface area contributed by atoms with Gasteiger partial charge in [0.15, 0.2) is 23.9 Å². The van der Waals surface area contributed by atoms with E-state index in [2.05, 4.69) is 89.6 Å². The predicted octanol–water partition coefficient (Wildman–Crippen LogP) is 7.10. The summed E-state index contributed by atoms with van der Waals surface area (Å²) in [6.45, 7) is 0. The van der Waals surface area contributed by atoms with Crippen LogP contribution < -0.4 is 23.3 Å². The SMILES string of the molecule is COc1cc2cc[n+]3cc4c(OC)c(OC)c(OC)cc4cc3c2cc1-c1ccc(-c2ccccc2)cc1. The quantitative estimate of drug-likeness (QED) is 0.138. The van der Waals surface area contributed by atoms with E-state index < -0.39 is 0 Å². The maximum Gasteiger partial charge on any atom is 0.219 e. The standard InChI is InChI=1S/C33H28NO4/c1-35-30-17-24-14-15-34-20-28-25(18-31(36-2)33(38-4)32(28)37-3)16-29(34)26(24)19-27(30)23-12-10-22(11-13-23)21-8-6-5-7-9-21/h5-20H,1-4H3/q+1. The molecule has 5 nitrogen and oxygen atoms in total. The Morgan fingerprint density at radius 3 is 1.87 bits per heavy atom. The molecule has 0 fully saturated rings. The molecule has 6 rings (SSSR count). The van der Waals surface area contributed by atoms with Crippen LogP contribution in [0.2, 0.25) is 0 Å². The highest BCUT2D eigenvalue weighted by Gasteiger charge is 2.21. The average Bonchev–Trinajstić information content (AvgIpc) is 2.98. The molecule has 0 aliphatic rings. The molecule has 0 spiro atoms. The minimum absolute atomic E-state index is 0.578. The van der Waals surface area contributed by atoms with Gasteiger partial charge >= 0.3 is 0 Å². The zero-order valence-electron chi connectivity index (χ0n) is 21.8. The summed E-state index contributed by atoms with van der Waals surface area (Å²) >= 11 is 0. The van der Waals surface area contributed by atoms with E-state index in [1.54, 1.807) is 28.4 Å². The Hall–Kier alpha value is -4.77. The maximum atomic E-state index is 5.84. The fourth-order valence-electron chi connectivity index (χ4n) is 5.20. The van der Waals surface area contributed by atoms with Crippen molar-refractivity contribution in [2.75, 3.05) is 28.4 Å². The smallest absolute Gasteiger partial charge is 0.219 e. The number of aromatic nitrogens is 1. The molecular formula is C33H28NO4+. The van der Waals surface area contributed by atoms with Gasteiger partial charge in [-0.2, -0.15) is 4.40 Å². The van der Waals surface area contributed by atoms with Crippen LogP contribution >= 0.6 is 0 Å². The first-order valence-electron chi connectivity index (χ1n) is 12.4. The molecule has 0 bridgehead atoms. The van der Waals surface area contributed by atoms with Crippen LogP contribution in [0.15, 0.2) is 97.3 Å². The molecule has 0 unspecified atom stereocenters. The van der Waals surface area contributed by atoms with Crippen molar-refractivity contribution in [3.63, 3.8) is 0 Å². The molecule has 188 valence electrons. The van der Waals surface area contributed by atoms with Gasteiger partial charge in [-0.15, -0.1) is 0 Å². The molecule has 0 radical (unpaired) electrons. The van der Waals surface area contributed by atoms with E-state index in [0.29, 0.717) is 17.2 Å². The van der Waals surface area contributed by atoms with Crippen LogP contribution in [-0.4, -0.2) is 28.4 Å². The minimum Gasteiger partial charge on any atom is -0.496 e. The lowest BCUT2D eigenvalue weighted by Crippen LogP contribution is -2.20. The normalized spacial score (nSPS) is 11.2. The van der Waals surface area contributed by atoms with Gasteiger partial charge in [-0.05, 0) is 40.3 Å². The van der Waals surface area contributed by atoms with Gasteiger partial charge in [0, 0.05) is 23.1 Å². The van der Waals surface area contributed by atoms with Gasteiger partial charge in [-0.3, -0.25) is 0 Å². The highest BCUT2D eigenvalue weighted by molar-refractivity contribution is 6.02. The molecule has 0 atom stereocenters. The molecule has 6 aromatic rings. The van der Waals surface area contributed by atoms with Gasteiger partial charge in [0.25, 0.3) is 0 Å². The van der Waals surface area contributed by atoms with Crippen LogP contribution in [0.1, 0.15) is 0 Å². The fraction of sp³-hybridized carbons (Fsp3) is 0.121. The molecule has 4 aromatic carbocycles. The van der Waals surface area contributed by atoms with Gasteiger partial charge < -0.3 is 18.9 Å². The predicted molar refractivity (Wildman–Crippen MR) is 152 cm³/mol. The summed E-state index contributed by atoms with van der Waals surface area (Å²) in [6, 6.07) is 29.6. The molecule has 0 saturated carbocycles. The average molecular weight is 503 g/mol. The van der Waals surface area contributed by atoms with E-state index in [1.165, 1.54) is 11.1 Å². The number of methoxy groups -OCH3 is 4. The second-order valence-electron chi connectivity index (χ2n) is 9.11. The number of fused-ring (bicyclic) bond motifs is 4. The monoisotopic (exact) mass is 502 g/mol. The highest BCUT2D eigenvalue weighted by atomic mass is 16.5. The van der Waals surface area contributed by atoms with Gasteiger partial charge in [-0.25, -0.2) is 0 Å². The van der Waals surface area contributed by atoms with Crippen LogP contribution in [0.4, 0.5) is 0 Å². The number of rotatable bonds is 6. The van der Waals surface area contributed by atoms with E-state index in [9.17, 15) is 0 Å². The Morgan fingerprint density at radius 1 is 0.526 bits per heavy atom. The van der Waals surface area contributed by atoms with Crippen molar-refractivity contribution < 1.29 is 23.3 Å². The lowest BCUT2D eigenvalue weighted by Gasteiger charge is -2.14. The molecule has 0 N–H and O–H groups in total. The van der Waals surface area contributed by atoms with E-state index in [1.807, 2.05) is 12.1 Å². The van der Waals surface area contributed by atoms with Crippen LogP contribution in [0.3, 0.4) is 0 Å². The van der Waals surface area contributed by atoms with Crippen molar-refractivity contribution in [3.05, 3.63) is 97.3 Å². The Bertz CT molecular complexity index is 1790. The van der Waals surface area contributed by atoms with Crippen molar-refractivity contribution in [2.24, 2.45) is 0 Å². The lowest BCUT2D eigenvalue weighted by molar-refractivity contribution is -0.509. The minimum atomic E-state index is 0.578. The molecule has 0 saturated heterocycles. The van der Waals surface area contributed by atoms with Crippen molar-refractivity contribution in [1.29, 1.82) is 0 Å². The number of hydrogen-bond donors (Lipinski definition) is 0. The zero-order chi connectivity index (χ0) is 26.2. The number of hydrogen-bond acceptors (Lipinski definition) is 4. The third-order valence-electron chi connectivity index (χ3n) is 7.10. The molecule has 5 heteroatoms. The summed E-state index contributed by atoms with van der Waals surface area (Å²) < 4.78 is 24.9. The second-order valence-corrected chi connectivity index (χ2v) is 9.11. The fourth-order valence-corrected chi connectivity index (χ4v) is 5.20. The van der Waals surface area contributed by atoms with E-state index in [-0.39, 0.29) is 0 Å². The number of nitrogens with zero attached hydrogens (tertiary/aromatic N) is 1. The van der Waals surface area contributed by atoms with Gasteiger partial charge in [-0.1, -0.05) is 54.6 Å². The molecular weight excluding hydrogens is 474 g/mol. The summed E-state index contributed by atoms with van der Waals surface area (Å²) in [5, 5.41) is 4.15. The summed E-state index contributed by atoms with van der Waals surface area (Å²) in [5.74, 6) is 2.69. The van der Waals surface area contributed by atoms with Crippen molar-refractivity contribution >= 4 is 27.1 Å². The van der Waals surface area contributed by atoms with Crippen LogP contribution in [0.25, 0.3) is 49.3 Å². The Balaban J connectivity index is 1.56. The van der Waals surface area contributed by atoms with E-state index in [4.69, 9.17) is 18.9 Å². The van der Waals surface area contributed by atoms with Crippen LogP contribution in [0, 0.1) is 0 Å². The van der Waals surface area contributed by atoms with E-state index in [0.717, 1.165) is 43.9 Å². The third-order valence-corrected chi connectivity index (χ3v) is 7.10. The zero-order valence-corrected chi connectivity index (χ0v) is 21.8. The molecule has 2 aromatic heterocycles. The summed E-state index contributed by atoms with van der Waals surface area (Å²) in [7, 11) is 6.62. The first-order valence-corrected chi connectivity index (χ1v) is 12.4. The maximum absolute atomic E-state index is 5.84. The first-order chi connectivity index (χ1) is 18.6. The summed E-state index contributed by atoms with van der Waals surface area (Å²) in [4.78, 5) is 0. The van der Waals surface area contributed by atoms with Gasteiger partial charge in [0.05, 0.1) is 39.2 Å². The Morgan fingerprint density at radius 2 is 1.18 bits per heavy atom. The van der Waals surface area contributed by atoms with Gasteiger partial charge in [0.2, 0.25) is 11.3 Å². The third kappa shape index (κ3) is 3.84. The van der Waals surface area contributed by atoms with E-state index >= 15 is 0 Å². The van der Waals surface area contributed by atoms with Crippen LogP contribution in [0.5, 0.6) is 23.0 Å². The summed E-state index contributed by atoms with van der Waals surface area (Å²) in [5.41, 5.74) is 5.58. The highest BCUT2D eigenvalue weighted by Crippen LogP contribution is 2.43. The second kappa shape index (κ2) is 9.60. The van der Waals surface area contributed by atoms with Gasteiger partial charge in [0.1, 0.15) is 5.75 Å². The Kier molecular flexibility index (Phi) is 5.97. The molecule has 38 heavy (non-hydrogen) atoms. The topological polar surface area (TPSA) is 41.0 Å². The molecule has 0 amide bonds. The molecule has 0 aliphatic carbocycles. The number of ether oxygens (including phenoxy) is 4. The first kappa shape index (κ1) is 23.6. The Labute approximate surface area is 221 Å². The lowest BCUT2D eigenvalue weighted by atomic mass is 9.97. The number of pyridine rings is 2.